The number of anilines is 2. The first-order valence-corrected chi connectivity index (χ1v) is 8.27. The van der Waals surface area contributed by atoms with Gasteiger partial charge in [-0.15, -0.1) is 0 Å². The maximum absolute atomic E-state index is 13.1. The zero-order valence-electron chi connectivity index (χ0n) is 13.9. The molecule has 1 unspecified atom stereocenters. The van der Waals surface area contributed by atoms with Crippen molar-refractivity contribution in [3.8, 4) is 0 Å². The Labute approximate surface area is 146 Å². The lowest BCUT2D eigenvalue weighted by molar-refractivity contribution is -0.121. The van der Waals surface area contributed by atoms with Gasteiger partial charge in [0.1, 0.15) is 5.54 Å². The topological polar surface area (TPSA) is 40.6 Å². The number of aryl methyl sites for hydroxylation is 1. The van der Waals surface area contributed by atoms with Crippen molar-refractivity contribution in [2.45, 2.75) is 32.7 Å². The van der Waals surface area contributed by atoms with E-state index in [4.69, 9.17) is 11.6 Å². The zero-order chi connectivity index (χ0) is 17.5. The second-order valence-electron chi connectivity index (χ2n) is 6.20. The second-order valence-corrected chi connectivity index (χ2v) is 6.63. The quantitative estimate of drug-likeness (QED) is 0.752. The third kappa shape index (κ3) is 2.47. The molecule has 24 heavy (non-hydrogen) atoms. The predicted octanol–water partition coefficient (Wildman–Crippen LogP) is 4.79. The first-order valence-electron chi connectivity index (χ1n) is 7.89. The minimum Gasteiger partial charge on any atom is -0.279 e. The summed E-state index contributed by atoms with van der Waals surface area (Å²) in [4.78, 5) is 28.9. The molecule has 2 aromatic carbocycles. The molecule has 0 spiro atoms. The van der Waals surface area contributed by atoms with Gasteiger partial charge in [0, 0.05) is 10.7 Å². The normalized spacial score (nSPS) is 20.8. The van der Waals surface area contributed by atoms with Crippen molar-refractivity contribution < 1.29 is 9.59 Å². The molecule has 0 aliphatic carbocycles. The minimum absolute atomic E-state index is 0.224. The van der Waals surface area contributed by atoms with Crippen LogP contribution in [-0.2, 0) is 4.79 Å². The van der Waals surface area contributed by atoms with Gasteiger partial charge in [0.2, 0.25) is 0 Å². The van der Waals surface area contributed by atoms with Crippen molar-refractivity contribution >= 4 is 34.9 Å². The molecule has 1 saturated heterocycles. The molecular formula is C19H19ClN2O2. The summed E-state index contributed by atoms with van der Waals surface area (Å²) in [5, 5.41) is 0.562. The highest BCUT2D eigenvalue weighted by molar-refractivity contribution is 6.32. The molecule has 0 aromatic heterocycles. The summed E-state index contributed by atoms with van der Waals surface area (Å²) in [6.07, 6.45) is 0.523. The molecule has 1 aliphatic heterocycles. The Kier molecular flexibility index (Phi) is 4.10. The number of hydrogen-bond donors (Lipinski definition) is 0. The lowest BCUT2D eigenvalue weighted by atomic mass is 9.96. The fourth-order valence-corrected chi connectivity index (χ4v) is 3.08. The number of halogens is 1. The van der Waals surface area contributed by atoms with Gasteiger partial charge in [0.15, 0.2) is 0 Å². The molecule has 5 heteroatoms. The van der Waals surface area contributed by atoms with Crippen LogP contribution in [0.15, 0.2) is 48.5 Å². The largest absolute Gasteiger partial charge is 0.336 e. The van der Waals surface area contributed by atoms with Crippen molar-refractivity contribution in [2.75, 3.05) is 9.80 Å². The van der Waals surface area contributed by atoms with Gasteiger partial charge < -0.3 is 0 Å². The molecule has 1 fully saturated rings. The van der Waals surface area contributed by atoms with E-state index in [1.54, 1.807) is 29.2 Å². The van der Waals surface area contributed by atoms with E-state index in [2.05, 4.69) is 0 Å². The number of imide groups is 1. The first-order chi connectivity index (χ1) is 11.4. The van der Waals surface area contributed by atoms with Gasteiger partial charge in [-0.2, -0.15) is 0 Å². The molecule has 3 amide bonds. The van der Waals surface area contributed by atoms with E-state index < -0.39 is 5.54 Å². The maximum atomic E-state index is 13.1. The summed E-state index contributed by atoms with van der Waals surface area (Å²) in [6.45, 7) is 5.71. The fraction of sp³-hybridized carbons (Fsp3) is 0.263. The SMILES string of the molecule is CCC1(C)C(=O)N(c2ccc(Cl)cc2)C(=O)N1c1ccc(C)cc1. The van der Waals surface area contributed by atoms with Gasteiger partial charge in [-0.25, -0.2) is 9.69 Å². The number of benzene rings is 2. The van der Waals surface area contributed by atoms with Crippen LogP contribution in [0.5, 0.6) is 0 Å². The lowest BCUT2D eigenvalue weighted by Gasteiger charge is -2.30. The van der Waals surface area contributed by atoms with Crippen LogP contribution < -0.4 is 9.80 Å². The molecule has 124 valence electrons. The molecule has 1 aliphatic rings. The number of carbonyl (C=O) groups excluding carboxylic acids is 2. The summed E-state index contributed by atoms with van der Waals surface area (Å²) in [5.41, 5.74) is 1.44. The summed E-state index contributed by atoms with van der Waals surface area (Å²) in [5.74, 6) is -0.224. The van der Waals surface area contributed by atoms with Crippen molar-refractivity contribution in [1.29, 1.82) is 0 Å². The summed E-state index contributed by atoms with van der Waals surface area (Å²) in [6, 6.07) is 14.0. The summed E-state index contributed by atoms with van der Waals surface area (Å²) >= 11 is 5.92. The van der Waals surface area contributed by atoms with Crippen LogP contribution in [0.1, 0.15) is 25.8 Å². The highest BCUT2D eigenvalue weighted by atomic mass is 35.5. The van der Waals surface area contributed by atoms with E-state index in [0.29, 0.717) is 17.1 Å². The highest BCUT2D eigenvalue weighted by Crippen LogP contribution is 2.38. The molecule has 4 nitrogen and oxygen atoms in total. The molecule has 2 aromatic rings. The van der Waals surface area contributed by atoms with Gasteiger partial charge >= 0.3 is 6.03 Å². The van der Waals surface area contributed by atoms with Gasteiger partial charge in [-0.1, -0.05) is 36.2 Å². The van der Waals surface area contributed by atoms with Crippen LogP contribution in [0.4, 0.5) is 16.2 Å². The van der Waals surface area contributed by atoms with Gasteiger partial charge in [0.05, 0.1) is 5.69 Å². The molecule has 0 saturated carbocycles. The smallest absolute Gasteiger partial charge is 0.279 e. The summed E-state index contributed by atoms with van der Waals surface area (Å²) < 4.78 is 0. The molecule has 1 atom stereocenters. The molecule has 0 N–H and O–H groups in total. The van der Waals surface area contributed by atoms with Crippen molar-refractivity contribution in [3.05, 3.63) is 59.1 Å². The van der Waals surface area contributed by atoms with Crippen molar-refractivity contribution in [3.63, 3.8) is 0 Å². The summed E-state index contributed by atoms with van der Waals surface area (Å²) in [7, 11) is 0. The monoisotopic (exact) mass is 342 g/mol. The van der Waals surface area contributed by atoms with E-state index in [0.717, 1.165) is 11.3 Å². The Morgan fingerprint density at radius 2 is 1.50 bits per heavy atom. The lowest BCUT2D eigenvalue weighted by Crippen LogP contribution is -2.46. The molecule has 3 rings (SSSR count). The zero-order valence-corrected chi connectivity index (χ0v) is 14.7. The van der Waals surface area contributed by atoms with E-state index in [1.807, 2.05) is 45.0 Å². The van der Waals surface area contributed by atoms with Crippen molar-refractivity contribution in [1.82, 2.24) is 0 Å². The average Bonchev–Trinajstić information content (AvgIpc) is 2.77. The third-order valence-electron chi connectivity index (χ3n) is 4.61. The molecule has 0 radical (unpaired) electrons. The first kappa shape index (κ1) is 16.5. The highest BCUT2D eigenvalue weighted by Gasteiger charge is 2.54. The fourth-order valence-electron chi connectivity index (χ4n) is 2.95. The van der Waals surface area contributed by atoms with E-state index in [1.165, 1.54) is 4.90 Å². The Morgan fingerprint density at radius 3 is 2.04 bits per heavy atom. The second kappa shape index (κ2) is 5.95. The Hall–Kier alpha value is -2.33. The molecule has 1 heterocycles. The number of rotatable bonds is 3. The Bertz CT molecular complexity index is 786. The van der Waals surface area contributed by atoms with Gasteiger partial charge in [-0.05, 0) is 56.7 Å². The average molecular weight is 343 g/mol. The van der Waals surface area contributed by atoms with Gasteiger partial charge in [0.25, 0.3) is 5.91 Å². The van der Waals surface area contributed by atoms with Crippen LogP contribution in [-0.4, -0.2) is 17.5 Å². The third-order valence-corrected chi connectivity index (χ3v) is 4.86. The van der Waals surface area contributed by atoms with Crippen LogP contribution >= 0.6 is 11.6 Å². The van der Waals surface area contributed by atoms with E-state index in [-0.39, 0.29) is 11.9 Å². The molecular weight excluding hydrogens is 324 g/mol. The number of urea groups is 1. The Morgan fingerprint density at radius 1 is 0.958 bits per heavy atom. The predicted molar refractivity (Wildman–Crippen MR) is 96.7 cm³/mol. The van der Waals surface area contributed by atoms with E-state index in [9.17, 15) is 9.59 Å². The van der Waals surface area contributed by atoms with Crippen molar-refractivity contribution in [2.24, 2.45) is 0 Å². The van der Waals surface area contributed by atoms with E-state index >= 15 is 0 Å². The number of nitrogens with zero attached hydrogens (tertiary/aromatic N) is 2. The van der Waals surface area contributed by atoms with Crippen LogP contribution in [0.25, 0.3) is 0 Å². The minimum atomic E-state index is -0.911. The van der Waals surface area contributed by atoms with Crippen LogP contribution in [0.2, 0.25) is 5.02 Å². The van der Waals surface area contributed by atoms with Crippen LogP contribution in [0, 0.1) is 6.92 Å². The molecule has 0 bridgehead atoms. The standard InChI is InChI=1S/C19H19ClN2O2/c1-4-19(3)17(23)21(15-11-7-14(20)8-12-15)18(24)22(19)16-9-5-13(2)6-10-16/h5-12H,4H2,1-3H3. The number of carbonyl (C=O) groups is 2. The number of hydrogen-bond acceptors (Lipinski definition) is 2. The maximum Gasteiger partial charge on any atom is 0.336 e. The Balaban J connectivity index is 2.09. The van der Waals surface area contributed by atoms with Crippen LogP contribution in [0.3, 0.4) is 0 Å². The van der Waals surface area contributed by atoms with Gasteiger partial charge in [-0.3, -0.25) is 9.69 Å². The number of amides is 3.